The van der Waals surface area contributed by atoms with E-state index < -0.39 is 0 Å². The van der Waals surface area contributed by atoms with Crippen molar-refractivity contribution in [1.29, 1.82) is 0 Å². The maximum absolute atomic E-state index is 11.3. The number of nitrogens with zero attached hydrogens (tertiary/aromatic N) is 3. The molecule has 6 heteroatoms. The van der Waals surface area contributed by atoms with Crippen LogP contribution in [0.5, 0.6) is 0 Å². The molecule has 1 heterocycles. The fraction of sp³-hybridized carbons (Fsp3) is 0.364. The van der Waals surface area contributed by atoms with E-state index >= 15 is 0 Å². The Kier molecular flexibility index (Phi) is 5.09. The Hall–Kier alpha value is -1.95. The van der Waals surface area contributed by atoms with Crippen LogP contribution in [-0.4, -0.2) is 48.0 Å². The van der Waals surface area contributed by atoms with Gasteiger partial charge in [-0.25, -0.2) is 0 Å². The molecule has 0 aromatic carbocycles. The third-order valence-electron chi connectivity index (χ3n) is 2.15. The van der Waals surface area contributed by atoms with Gasteiger partial charge in [0.05, 0.1) is 6.61 Å². The zero-order valence-corrected chi connectivity index (χ0v) is 9.76. The highest BCUT2D eigenvalue weighted by atomic mass is 16.3. The van der Waals surface area contributed by atoms with E-state index in [1.165, 1.54) is 7.05 Å². The summed E-state index contributed by atoms with van der Waals surface area (Å²) in [7, 11) is 1.54. The number of carbonyl (C=O) groups excluding carboxylic acids is 1. The highest BCUT2D eigenvalue weighted by Crippen LogP contribution is 2.08. The van der Waals surface area contributed by atoms with Crippen molar-refractivity contribution < 1.29 is 9.90 Å². The quantitative estimate of drug-likeness (QED) is 0.670. The average Bonchev–Trinajstić information content (AvgIpc) is 2.38. The van der Waals surface area contributed by atoms with Gasteiger partial charge in [0.25, 0.3) is 5.91 Å². The van der Waals surface area contributed by atoms with Crippen molar-refractivity contribution in [2.45, 2.75) is 0 Å². The van der Waals surface area contributed by atoms with Crippen LogP contribution in [0.25, 0.3) is 0 Å². The summed E-state index contributed by atoms with van der Waals surface area (Å²) in [5, 5.41) is 19.1. The second-order valence-corrected chi connectivity index (χ2v) is 3.31. The minimum atomic E-state index is -0.276. The molecule has 0 bridgehead atoms. The molecule has 0 saturated carbocycles. The van der Waals surface area contributed by atoms with E-state index in [9.17, 15) is 4.79 Å². The Morgan fingerprint density at radius 2 is 2.35 bits per heavy atom. The number of aromatic nitrogens is 2. The van der Waals surface area contributed by atoms with Crippen molar-refractivity contribution in [1.82, 2.24) is 15.5 Å². The normalized spacial score (nSPS) is 9.76. The molecule has 0 aliphatic carbocycles. The van der Waals surface area contributed by atoms with Crippen LogP contribution in [0.2, 0.25) is 0 Å². The summed E-state index contributed by atoms with van der Waals surface area (Å²) in [6, 6.07) is 3.28. The number of anilines is 1. The molecular formula is C11H16N4O2. The Balaban J connectivity index is 2.83. The van der Waals surface area contributed by atoms with Crippen LogP contribution in [0, 0.1) is 0 Å². The first-order valence-corrected chi connectivity index (χ1v) is 5.25. The zero-order chi connectivity index (χ0) is 12.7. The highest BCUT2D eigenvalue weighted by molar-refractivity contribution is 5.91. The van der Waals surface area contributed by atoms with Crippen molar-refractivity contribution in [2.75, 3.05) is 31.6 Å². The van der Waals surface area contributed by atoms with Crippen molar-refractivity contribution in [3.8, 4) is 0 Å². The summed E-state index contributed by atoms with van der Waals surface area (Å²) in [5.74, 6) is 0.327. The highest BCUT2D eigenvalue weighted by Gasteiger charge is 2.09. The predicted molar refractivity (Wildman–Crippen MR) is 64.9 cm³/mol. The third-order valence-corrected chi connectivity index (χ3v) is 2.15. The largest absolute Gasteiger partial charge is 0.395 e. The van der Waals surface area contributed by atoms with Crippen molar-refractivity contribution in [2.24, 2.45) is 0 Å². The van der Waals surface area contributed by atoms with Gasteiger partial charge in [-0.2, -0.15) is 0 Å². The van der Waals surface area contributed by atoms with E-state index in [1.807, 2.05) is 4.90 Å². The molecular weight excluding hydrogens is 220 g/mol. The standard InChI is InChI=1S/C11H16N4O2/c1-3-6-15(7-8-16)10-5-4-9(13-14-10)11(17)12-2/h3-5,16H,1,6-8H2,2H3,(H,12,17). The first kappa shape index (κ1) is 13.1. The lowest BCUT2D eigenvalue weighted by Crippen LogP contribution is -2.28. The van der Waals surface area contributed by atoms with E-state index in [0.29, 0.717) is 18.9 Å². The van der Waals surface area contributed by atoms with Crippen LogP contribution in [0.3, 0.4) is 0 Å². The van der Waals surface area contributed by atoms with Gasteiger partial charge in [-0.3, -0.25) is 4.79 Å². The lowest BCUT2D eigenvalue weighted by atomic mass is 10.3. The topological polar surface area (TPSA) is 78.4 Å². The number of hydrogen-bond donors (Lipinski definition) is 2. The number of carbonyl (C=O) groups is 1. The van der Waals surface area contributed by atoms with Gasteiger partial charge in [0, 0.05) is 20.1 Å². The fourth-order valence-electron chi connectivity index (χ4n) is 1.32. The van der Waals surface area contributed by atoms with Crippen LogP contribution < -0.4 is 10.2 Å². The molecule has 92 valence electrons. The molecule has 0 saturated heterocycles. The second-order valence-electron chi connectivity index (χ2n) is 3.31. The van der Waals surface area contributed by atoms with Crippen molar-refractivity contribution in [3.05, 3.63) is 30.5 Å². The number of amides is 1. The molecule has 17 heavy (non-hydrogen) atoms. The van der Waals surface area contributed by atoms with Gasteiger partial charge in [0.2, 0.25) is 0 Å². The molecule has 0 aliphatic heterocycles. The van der Waals surface area contributed by atoms with Gasteiger partial charge in [0.1, 0.15) is 0 Å². The Morgan fingerprint density at radius 3 is 2.82 bits per heavy atom. The van der Waals surface area contributed by atoms with E-state index in [2.05, 4.69) is 22.1 Å². The minimum Gasteiger partial charge on any atom is -0.395 e. The van der Waals surface area contributed by atoms with Crippen LogP contribution in [0.4, 0.5) is 5.82 Å². The molecule has 0 spiro atoms. The number of aliphatic hydroxyl groups is 1. The smallest absolute Gasteiger partial charge is 0.271 e. The number of hydrogen-bond acceptors (Lipinski definition) is 5. The maximum atomic E-state index is 11.3. The van der Waals surface area contributed by atoms with E-state index in [1.54, 1.807) is 18.2 Å². The van der Waals surface area contributed by atoms with E-state index in [4.69, 9.17) is 5.11 Å². The van der Waals surface area contributed by atoms with Gasteiger partial charge < -0.3 is 15.3 Å². The summed E-state index contributed by atoms with van der Waals surface area (Å²) < 4.78 is 0. The maximum Gasteiger partial charge on any atom is 0.271 e. The van der Waals surface area contributed by atoms with Gasteiger partial charge in [-0.1, -0.05) is 6.08 Å². The van der Waals surface area contributed by atoms with Crippen molar-refractivity contribution in [3.63, 3.8) is 0 Å². The van der Waals surface area contributed by atoms with Crippen LogP contribution in [0.15, 0.2) is 24.8 Å². The van der Waals surface area contributed by atoms with E-state index in [0.717, 1.165) is 0 Å². The Bertz CT molecular complexity index is 378. The molecule has 1 aromatic heterocycles. The summed E-state index contributed by atoms with van der Waals surface area (Å²) in [6.45, 7) is 4.66. The number of rotatable bonds is 6. The summed E-state index contributed by atoms with van der Waals surface area (Å²) >= 11 is 0. The molecule has 2 N–H and O–H groups in total. The molecule has 1 amide bonds. The summed E-state index contributed by atoms with van der Waals surface area (Å²) in [6.07, 6.45) is 1.71. The molecule has 0 aliphatic rings. The Labute approximate surface area is 100.0 Å². The predicted octanol–water partition coefficient (Wildman–Crippen LogP) is -0.179. The minimum absolute atomic E-state index is 0.0206. The summed E-state index contributed by atoms with van der Waals surface area (Å²) in [5.41, 5.74) is 0.263. The molecule has 0 fully saturated rings. The van der Waals surface area contributed by atoms with Gasteiger partial charge in [-0.05, 0) is 12.1 Å². The van der Waals surface area contributed by atoms with Crippen LogP contribution >= 0.6 is 0 Å². The molecule has 0 unspecified atom stereocenters. The van der Waals surface area contributed by atoms with Crippen molar-refractivity contribution >= 4 is 11.7 Å². The molecule has 0 atom stereocenters. The number of aliphatic hydroxyl groups excluding tert-OH is 1. The molecule has 6 nitrogen and oxygen atoms in total. The van der Waals surface area contributed by atoms with E-state index in [-0.39, 0.29) is 18.2 Å². The SMILES string of the molecule is C=CCN(CCO)c1ccc(C(=O)NC)nn1. The molecule has 1 aromatic rings. The van der Waals surface area contributed by atoms with Crippen LogP contribution in [0.1, 0.15) is 10.5 Å². The average molecular weight is 236 g/mol. The molecule has 0 radical (unpaired) electrons. The third kappa shape index (κ3) is 3.53. The zero-order valence-electron chi connectivity index (χ0n) is 9.76. The number of nitrogens with one attached hydrogen (secondary N) is 1. The lowest BCUT2D eigenvalue weighted by molar-refractivity contribution is 0.0957. The molecule has 1 rings (SSSR count). The Morgan fingerprint density at radius 1 is 1.59 bits per heavy atom. The van der Waals surface area contributed by atoms with Crippen LogP contribution in [-0.2, 0) is 0 Å². The first-order chi connectivity index (χ1) is 8.22. The second kappa shape index (κ2) is 6.59. The van der Waals surface area contributed by atoms with Gasteiger partial charge >= 0.3 is 0 Å². The monoisotopic (exact) mass is 236 g/mol. The van der Waals surface area contributed by atoms with Gasteiger partial charge in [0.15, 0.2) is 11.5 Å². The summed E-state index contributed by atoms with van der Waals surface area (Å²) in [4.78, 5) is 13.1. The fourth-order valence-corrected chi connectivity index (χ4v) is 1.32. The van der Waals surface area contributed by atoms with Gasteiger partial charge in [-0.15, -0.1) is 16.8 Å². The lowest BCUT2D eigenvalue weighted by Gasteiger charge is -2.20. The first-order valence-electron chi connectivity index (χ1n) is 5.25.